The number of nitrogens with zero attached hydrogens (tertiary/aromatic N) is 2. The van der Waals surface area contributed by atoms with E-state index in [4.69, 9.17) is 0 Å². The average molecular weight is 578 g/mol. The summed E-state index contributed by atoms with van der Waals surface area (Å²) in [5.41, 5.74) is 13.7. The summed E-state index contributed by atoms with van der Waals surface area (Å²) >= 11 is 0. The Kier molecular flexibility index (Phi) is 7.57. The molecule has 222 valence electrons. The summed E-state index contributed by atoms with van der Waals surface area (Å²) in [7, 11) is 0. The molecule has 0 spiro atoms. The van der Waals surface area contributed by atoms with Crippen molar-refractivity contribution in [2.75, 3.05) is 14.9 Å². The van der Waals surface area contributed by atoms with Crippen LogP contribution in [0.25, 0.3) is 0 Å². The maximum Gasteiger partial charge on any atom is 0.421 e. The van der Waals surface area contributed by atoms with E-state index in [1.807, 2.05) is 0 Å². The lowest BCUT2D eigenvalue weighted by molar-refractivity contribution is 0.589. The van der Waals surface area contributed by atoms with Gasteiger partial charge in [0.15, 0.2) is 0 Å². The molecule has 0 amide bonds. The van der Waals surface area contributed by atoms with Crippen LogP contribution >= 0.6 is 0 Å². The number of nitrogens with one attached hydrogen (secondary N) is 1. The summed E-state index contributed by atoms with van der Waals surface area (Å²) in [5, 5.41) is 3.70. The topological polar surface area (TPSA) is 18.5 Å². The van der Waals surface area contributed by atoms with Crippen LogP contribution in [-0.4, -0.2) is 6.98 Å². The first-order chi connectivity index (χ1) is 20.9. The van der Waals surface area contributed by atoms with Crippen molar-refractivity contribution in [3.05, 3.63) is 138 Å². The van der Waals surface area contributed by atoms with Gasteiger partial charge in [-0.15, -0.1) is 0 Å². The van der Waals surface area contributed by atoms with Crippen LogP contribution in [0.5, 0.6) is 0 Å². The molecule has 44 heavy (non-hydrogen) atoms. The molecule has 0 bridgehead atoms. The van der Waals surface area contributed by atoms with Crippen molar-refractivity contribution in [3.63, 3.8) is 0 Å². The SMILES string of the molecule is Cc1cc(C(C)(C)C)cc(C)c1B1N(c2ccccc2)c2ccc(Nc3ccc(C(C)(C)C)cc3)cc2N1c1ccccc1. The first-order valence-corrected chi connectivity index (χ1v) is 15.7. The van der Waals surface area contributed by atoms with Gasteiger partial charge in [-0.25, -0.2) is 0 Å². The van der Waals surface area contributed by atoms with Crippen molar-refractivity contribution in [1.29, 1.82) is 0 Å². The molecule has 6 rings (SSSR count). The first-order valence-electron chi connectivity index (χ1n) is 15.7. The van der Waals surface area contributed by atoms with Gasteiger partial charge in [0.25, 0.3) is 0 Å². The molecule has 0 saturated carbocycles. The number of benzene rings is 5. The number of hydrogen-bond acceptors (Lipinski definition) is 3. The maximum atomic E-state index is 3.70. The average Bonchev–Trinajstić information content (AvgIpc) is 3.31. The third-order valence-corrected chi connectivity index (χ3v) is 8.81. The van der Waals surface area contributed by atoms with E-state index in [0.717, 1.165) is 11.4 Å². The largest absolute Gasteiger partial charge is 0.421 e. The second-order valence-electron chi connectivity index (χ2n) is 14.2. The van der Waals surface area contributed by atoms with Crippen molar-refractivity contribution in [2.45, 2.75) is 66.2 Å². The van der Waals surface area contributed by atoms with E-state index in [1.165, 1.54) is 50.5 Å². The molecular formula is C40H44BN3. The van der Waals surface area contributed by atoms with Gasteiger partial charge in [-0.05, 0) is 95.9 Å². The molecular weight excluding hydrogens is 533 g/mol. The molecule has 1 aliphatic rings. The van der Waals surface area contributed by atoms with Crippen LogP contribution in [0.4, 0.5) is 34.1 Å². The fourth-order valence-electron chi connectivity index (χ4n) is 6.41. The lowest BCUT2D eigenvalue weighted by Gasteiger charge is -2.33. The molecule has 4 heteroatoms. The van der Waals surface area contributed by atoms with E-state index in [1.54, 1.807) is 0 Å². The molecule has 0 unspecified atom stereocenters. The molecule has 0 aromatic heterocycles. The highest BCUT2D eigenvalue weighted by Gasteiger charge is 2.45. The quantitative estimate of drug-likeness (QED) is 0.210. The van der Waals surface area contributed by atoms with Crippen LogP contribution < -0.4 is 20.4 Å². The molecule has 0 atom stereocenters. The van der Waals surface area contributed by atoms with Crippen molar-refractivity contribution < 1.29 is 0 Å². The Hall–Kier alpha value is -4.44. The zero-order valence-corrected chi connectivity index (χ0v) is 27.4. The predicted octanol–water partition coefficient (Wildman–Crippen LogP) is 10.3. The van der Waals surface area contributed by atoms with Gasteiger partial charge in [-0.3, -0.25) is 0 Å². The molecule has 5 aromatic carbocycles. The summed E-state index contributed by atoms with van der Waals surface area (Å²) < 4.78 is 0. The Morgan fingerprint density at radius 1 is 0.500 bits per heavy atom. The third-order valence-electron chi connectivity index (χ3n) is 8.81. The lowest BCUT2D eigenvalue weighted by Crippen LogP contribution is -2.55. The van der Waals surface area contributed by atoms with E-state index >= 15 is 0 Å². The van der Waals surface area contributed by atoms with Gasteiger partial charge < -0.3 is 14.9 Å². The molecule has 1 aliphatic heterocycles. The number of fused-ring (bicyclic) bond motifs is 1. The highest BCUT2D eigenvalue weighted by molar-refractivity contribution is 6.85. The van der Waals surface area contributed by atoms with Gasteiger partial charge >= 0.3 is 6.98 Å². The summed E-state index contributed by atoms with van der Waals surface area (Å²) in [6.07, 6.45) is 0. The highest BCUT2D eigenvalue weighted by Crippen LogP contribution is 2.48. The van der Waals surface area contributed by atoms with Gasteiger partial charge in [-0.1, -0.05) is 113 Å². The number of anilines is 6. The molecule has 5 aromatic rings. The van der Waals surface area contributed by atoms with Gasteiger partial charge in [0.1, 0.15) is 0 Å². The summed E-state index contributed by atoms with van der Waals surface area (Å²) in [6.45, 7) is 18.2. The monoisotopic (exact) mass is 577 g/mol. The minimum absolute atomic E-state index is 0.0508. The van der Waals surface area contributed by atoms with Gasteiger partial charge in [0.2, 0.25) is 0 Å². The third kappa shape index (κ3) is 5.62. The Balaban J connectivity index is 1.52. The normalized spacial score (nSPS) is 13.3. The number of hydrogen-bond donors (Lipinski definition) is 1. The Bertz CT molecular complexity index is 1740. The van der Waals surface area contributed by atoms with Crippen LogP contribution in [0.2, 0.25) is 0 Å². The van der Waals surface area contributed by atoms with E-state index in [9.17, 15) is 0 Å². The van der Waals surface area contributed by atoms with E-state index in [0.29, 0.717) is 0 Å². The number of rotatable bonds is 5. The molecule has 0 fully saturated rings. The first kappa shape index (κ1) is 29.6. The zero-order chi connectivity index (χ0) is 31.2. The Morgan fingerprint density at radius 2 is 0.977 bits per heavy atom. The van der Waals surface area contributed by atoms with Crippen LogP contribution in [-0.2, 0) is 10.8 Å². The van der Waals surface area contributed by atoms with E-state index in [-0.39, 0.29) is 17.8 Å². The Labute approximate surface area is 264 Å². The summed E-state index contributed by atoms with van der Waals surface area (Å²) in [5.74, 6) is 0. The molecule has 0 saturated heterocycles. The molecule has 1 heterocycles. The van der Waals surface area contributed by atoms with Crippen LogP contribution in [0.3, 0.4) is 0 Å². The minimum atomic E-state index is -0.0508. The number of aryl methyl sites for hydroxylation is 2. The predicted molar refractivity (Wildman–Crippen MR) is 192 cm³/mol. The second-order valence-corrected chi connectivity index (χ2v) is 14.2. The van der Waals surface area contributed by atoms with Crippen molar-refractivity contribution in [1.82, 2.24) is 0 Å². The van der Waals surface area contributed by atoms with Gasteiger partial charge in [0, 0.05) is 22.7 Å². The van der Waals surface area contributed by atoms with Crippen molar-refractivity contribution >= 4 is 46.6 Å². The fraction of sp³-hybridized carbons (Fsp3) is 0.250. The maximum absolute atomic E-state index is 3.70. The van der Waals surface area contributed by atoms with Gasteiger partial charge in [0.05, 0.1) is 11.4 Å². The van der Waals surface area contributed by atoms with Crippen LogP contribution in [0.1, 0.15) is 63.8 Å². The molecule has 3 nitrogen and oxygen atoms in total. The number of para-hydroxylation sites is 2. The van der Waals surface area contributed by atoms with Crippen LogP contribution in [0, 0.1) is 13.8 Å². The van der Waals surface area contributed by atoms with Crippen LogP contribution in [0.15, 0.2) is 115 Å². The minimum Gasteiger partial charge on any atom is -0.360 e. The lowest BCUT2D eigenvalue weighted by atomic mass is 9.60. The second kappa shape index (κ2) is 11.2. The fourth-order valence-corrected chi connectivity index (χ4v) is 6.41. The summed E-state index contributed by atoms with van der Waals surface area (Å²) in [6, 6.07) is 42.1. The van der Waals surface area contributed by atoms with Crippen molar-refractivity contribution in [2.24, 2.45) is 0 Å². The molecule has 1 N–H and O–H groups in total. The zero-order valence-electron chi connectivity index (χ0n) is 27.4. The molecule has 0 radical (unpaired) electrons. The van der Waals surface area contributed by atoms with E-state index < -0.39 is 0 Å². The Morgan fingerprint density at radius 3 is 1.48 bits per heavy atom. The highest BCUT2D eigenvalue weighted by atomic mass is 15.3. The standard InChI is InChI=1S/C40H44BN3/c1-28-25-31(40(6,7)8)26-29(2)38(28)41-43(34-15-11-9-12-16-34)36-24-23-33(27-37(36)44(41)35-17-13-10-14-18-35)42-32-21-19-30(20-22-32)39(3,4)5/h9-27,42H,1-8H3. The van der Waals surface area contributed by atoms with Crippen molar-refractivity contribution in [3.8, 4) is 0 Å². The van der Waals surface area contributed by atoms with E-state index in [2.05, 4.69) is 186 Å². The molecule has 0 aliphatic carbocycles. The summed E-state index contributed by atoms with van der Waals surface area (Å²) in [4.78, 5) is 5.03. The van der Waals surface area contributed by atoms with Gasteiger partial charge in [-0.2, -0.15) is 0 Å². The smallest absolute Gasteiger partial charge is 0.360 e.